The molecule has 3 rings (SSSR count). The van der Waals surface area contributed by atoms with Crippen molar-refractivity contribution in [2.45, 2.75) is 20.0 Å². The van der Waals surface area contributed by atoms with E-state index in [2.05, 4.69) is 4.98 Å². The molecule has 0 amide bonds. The lowest BCUT2D eigenvalue weighted by Crippen LogP contribution is -2.30. The second-order valence-electron chi connectivity index (χ2n) is 5.31. The van der Waals surface area contributed by atoms with Crippen LogP contribution in [0.25, 0.3) is 22.4 Å². The van der Waals surface area contributed by atoms with Crippen LogP contribution in [0.5, 0.6) is 0 Å². The third-order valence-corrected chi connectivity index (χ3v) is 3.73. The van der Waals surface area contributed by atoms with E-state index in [-0.39, 0.29) is 0 Å². The molecule has 6 heteroatoms. The molecule has 0 fully saturated rings. The maximum Gasteiger partial charge on any atom is 0.347 e. The number of halogens is 1. The predicted octanol–water partition coefficient (Wildman–Crippen LogP) is 3.57. The second kappa shape index (κ2) is 5.93. The fourth-order valence-electron chi connectivity index (χ4n) is 2.22. The number of fused-ring (bicyclic) bond motifs is 1. The summed E-state index contributed by atoms with van der Waals surface area (Å²) in [6, 6.07) is 13.0. The highest BCUT2D eigenvalue weighted by atomic mass is 35.5. The number of aromatic nitrogens is 2. The van der Waals surface area contributed by atoms with Gasteiger partial charge in [0.25, 0.3) is 0 Å². The Morgan fingerprint density at radius 1 is 1.26 bits per heavy atom. The summed E-state index contributed by atoms with van der Waals surface area (Å²) in [4.78, 5) is 21.3. The van der Waals surface area contributed by atoms with Gasteiger partial charge in [-0.05, 0) is 32.0 Å². The maximum atomic E-state index is 11.1. The zero-order chi connectivity index (χ0) is 16.6. The topological polar surface area (TPSA) is 64.4 Å². The predicted molar refractivity (Wildman–Crippen MR) is 88.6 cm³/mol. The highest BCUT2D eigenvalue weighted by Gasteiger charge is 2.19. The van der Waals surface area contributed by atoms with E-state index in [4.69, 9.17) is 21.5 Å². The normalized spacial score (nSPS) is 12.3. The van der Waals surface area contributed by atoms with Crippen LogP contribution in [0, 0.1) is 6.92 Å². The summed E-state index contributed by atoms with van der Waals surface area (Å²) >= 11 is 6.05. The summed E-state index contributed by atoms with van der Waals surface area (Å²) in [6.45, 7) is 3.47. The van der Waals surface area contributed by atoms with E-state index in [1.165, 1.54) is 11.7 Å². The number of hydrogen-bond acceptors (Lipinski definition) is 3. The highest BCUT2D eigenvalue weighted by Crippen LogP contribution is 2.26. The number of benzene rings is 2. The number of carbonyl (C=O) groups is 1. The minimum absolute atomic E-state index is 0.528. The van der Waals surface area contributed by atoms with Gasteiger partial charge in [0.15, 0.2) is 5.82 Å². The molecule has 0 radical (unpaired) electrons. The molecule has 5 nitrogen and oxygen atoms in total. The number of aliphatic carboxylic acids is 1. The molecule has 0 saturated carbocycles. The lowest BCUT2D eigenvalue weighted by Gasteiger charge is -2.14. The summed E-state index contributed by atoms with van der Waals surface area (Å²) in [5.41, 5.74) is 3.27. The lowest BCUT2D eigenvalue weighted by molar-refractivity contribution is -0.148. The van der Waals surface area contributed by atoms with Crippen LogP contribution in [0.3, 0.4) is 0 Å². The van der Waals surface area contributed by atoms with Crippen LogP contribution in [-0.4, -0.2) is 26.9 Å². The molecule has 1 N–H and O–H groups in total. The van der Waals surface area contributed by atoms with Crippen LogP contribution >= 0.6 is 11.6 Å². The molecule has 23 heavy (non-hydrogen) atoms. The molecule has 1 heterocycles. The first kappa shape index (κ1) is 15.4. The van der Waals surface area contributed by atoms with Gasteiger partial charge in [0, 0.05) is 10.6 Å². The number of carboxylic acid groups (broad SMARTS) is 1. The highest BCUT2D eigenvalue weighted by molar-refractivity contribution is 6.31. The summed E-state index contributed by atoms with van der Waals surface area (Å²) in [5.74, 6) is -0.515. The van der Waals surface area contributed by atoms with Gasteiger partial charge in [0.1, 0.15) is 5.52 Å². The second-order valence-corrected chi connectivity index (χ2v) is 5.75. The minimum Gasteiger partial charge on any atom is -0.478 e. The molecular formula is C17H15ClN2O3. The lowest BCUT2D eigenvalue weighted by atomic mass is 10.1. The number of carboxylic acids is 1. The first-order valence-electron chi connectivity index (χ1n) is 7.10. The maximum absolute atomic E-state index is 11.1. The quantitative estimate of drug-likeness (QED) is 0.794. The molecule has 0 bridgehead atoms. The van der Waals surface area contributed by atoms with Crippen molar-refractivity contribution in [3.8, 4) is 11.4 Å². The first-order valence-corrected chi connectivity index (χ1v) is 7.48. The van der Waals surface area contributed by atoms with Gasteiger partial charge >= 0.3 is 5.97 Å². The van der Waals surface area contributed by atoms with E-state index in [9.17, 15) is 4.79 Å². The van der Waals surface area contributed by atoms with Crippen molar-refractivity contribution in [2.24, 2.45) is 0 Å². The third kappa shape index (κ3) is 3.00. The Hall–Kier alpha value is -2.53. The molecular weight excluding hydrogens is 316 g/mol. The van der Waals surface area contributed by atoms with Crippen LogP contribution in [0.4, 0.5) is 0 Å². The molecule has 0 aliphatic rings. The van der Waals surface area contributed by atoms with Gasteiger partial charge in [-0.15, -0.1) is 0 Å². The Labute approximate surface area is 138 Å². The van der Waals surface area contributed by atoms with Crippen molar-refractivity contribution in [1.82, 2.24) is 9.71 Å². The zero-order valence-electron chi connectivity index (χ0n) is 12.7. The van der Waals surface area contributed by atoms with Gasteiger partial charge in [0.05, 0.1) is 5.52 Å². The molecule has 3 aromatic rings. The van der Waals surface area contributed by atoms with Gasteiger partial charge in [-0.1, -0.05) is 41.4 Å². The molecule has 0 saturated heterocycles. The van der Waals surface area contributed by atoms with Gasteiger partial charge in [-0.3, -0.25) is 0 Å². The average molecular weight is 331 g/mol. The van der Waals surface area contributed by atoms with E-state index < -0.39 is 12.1 Å². The van der Waals surface area contributed by atoms with Crippen molar-refractivity contribution in [3.05, 3.63) is 53.1 Å². The van der Waals surface area contributed by atoms with Gasteiger partial charge in [-0.25, -0.2) is 9.78 Å². The molecule has 0 aliphatic carbocycles. The monoisotopic (exact) mass is 330 g/mol. The Morgan fingerprint density at radius 2 is 1.96 bits per heavy atom. The Kier molecular flexibility index (Phi) is 3.96. The SMILES string of the molecule is Cc1ccc(-c2nc3ccc(Cl)cc3n2O[C@H](C)C(=O)O)cc1. The standard InChI is InChI=1S/C17H15ClN2O3/c1-10-3-5-12(6-4-10)16-19-14-8-7-13(18)9-15(14)20(16)23-11(2)17(21)22/h3-9,11H,1-2H3,(H,21,22)/t11-/m1/s1. The molecule has 1 atom stereocenters. The third-order valence-electron chi connectivity index (χ3n) is 3.50. The Morgan fingerprint density at radius 3 is 2.61 bits per heavy atom. The number of rotatable bonds is 4. The van der Waals surface area contributed by atoms with E-state index >= 15 is 0 Å². The Balaban J connectivity index is 2.19. The fraction of sp³-hybridized carbons (Fsp3) is 0.176. The van der Waals surface area contributed by atoms with Crippen LogP contribution in [0.15, 0.2) is 42.5 Å². The Bertz CT molecular complexity index is 871. The van der Waals surface area contributed by atoms with Crippen molar-refractivity contribution in [2.75, 3.05) is 0 Å². The van der Waals surface area contributed by atoms with E-state index in [0.29, 0.717) is 21.9 Å². The van der Waals surface area contributed by atoms with Crippen molar-refractivity contribution in [1.29, 1.82) is 0 Å². The zero-order valence-corrected chi connectivity index (χ0v) is 13.4. The average Bonchev–Trinajstić information content (AvgIpc) is 2.86. The van der Waals surface area contributed by atoms with Gasteiger partial charge in [-0.2, -0.15) is 4.73 Å². The van der Waals surface area contributed by atoms with Crippen LogP contribution in [0.2, 0.25) is 5.02 Å². The summed E-state index contributed by atoms with van der Waals surface area (Å²) in [6.07, 6.45) is -1.02. The van der Waals surface area contributed by atoms with E-state index in [1.807, 2.05) is 31.2 Å². The molecule has 1 aromatic heterocycles. The first-order chi connectivity index (χ1) is 11.0. The summed E-state index contributed by atoms with van der Waals surface area (Å²) in [5, 5.41) is 9.65. The number of aryl methyl sites for hydroxylation is 1. The molecule has 2 aromatic carbocycles. The number of imidazole rings is 1. The summed E-state index contributed by atoms with van der Waals surface area (Å²) in [7, 11) is 0. The molecule has 0 spiro atoms. The van der Waals surface area contributed by atoms with Crippen LogP contribution < -0.4 is 4.84 Å². The molecule has 118 valence electrons. The smallest absolute Gasteiger partial charge is 0.347 e. The van der Waals surface area contributed by atoms with Crippen LogP contribution in [-0.2, 0) is 4.79 Å². The van der Waals surface area contributed by atoms with E-state index in [0.717, 1.165) is 11.1 Å². The van der Waals surface area contributed by atoms with Crippen molar-refractivity contribution in [3.63, 3.8) is 0 Å². The molecule has 0 aliphatic heterocycles. The minimum atomic E-state index is -1.05. The largest absolute Gasteiger partial charge is 0.478 e. The molecule has 0 unspecified atom stereocenters. The van der Waals surface area contributed by atoms with Gasteiger partial charge in [0.2, 0.25) is 6.10 Å². The van der Waals surface area contributed by atoms with Crippen LogP contribution in [0.1, 0.15) is 12.5 Å². The van der Waals surface area contributed by atoms with Crippen molar-refractivity contribution < 1.29 is 14.7 Å². The van der Waals surface area contributed by atoms with Gasteiger partial charge < -0.3 is 9.94 Å². The van der Waals surface area contributed by atoms with Crippen molar-refractivity contribution >= 4 is 28.6 Å². The number of hydrogen-bond donors (Lipinski definition) is 1. The fourth-order valence-corrected chi connectivity index (χ4v) is 2.39. The summed E-state index contributed by atoms with van der Waals surface area (Å²) < 4.78 is 1.44. The van der Waals surface area contributed by atoms with E-state index in [1.54, 1.807) is 18.2 Å². The number of nitrogens with zero attached hydrogens (tertiary/aromatic N) is 2.